The van der Waals surface area contributed by atoms with Crippen LogP contribution in [0.25, 0.3) is 11.0 Å². The van der Waals surface area contributed by atoms with Gasteiger partial charge in [0.1, 0.15) is 6.54 Å². The first kappa shape index (κ1) is 12.6. The van der Waals surface area contributed by atoms with E-state index in [-0.39, 0.29) is 12.4 Å². The van der Waals surface area contributed by atoms with Crippen LogP contribution in [0.5, 0.6) is 0 Å². The third kappa shape index (κ3) is 2.22. The molecular formula is C14H14ClN3. The molecule has 18 heavy (non-hydrogen) atoms. The van der Waals surface area contributed by atoms with Crippen molar-refractivity contribution in [2.24, 2.45) is 7.05 Å². The number of fused-ring (bicyclic) bond motifs is 1. The molecule has 92 valence electrons. The molecule has 3 nitrogen and oxygen atoms in total. The van der Waals surface area contributed by atoms with Crippen LogP contribution in [0.15, 0.2) is 55.0 Å². The SMILES string of the molecule is C[n+]1cn(Cc2ccccn2)c2ccccc21.[Cl-]. The standard InChI is InChI=1S/C14H14N3.ClH/c1-16-11-17(10-12-6-4-5-9-15-12)14-8-3-2-7-13(14)16;/h2-9,11H,10H2,1H3;1H/q+1;/p-1. The highest BCUT2D eigenvalue weighted by molar-refractivity contribution is 5.71. The Hall–Kier alpha value is -1.87. The molecule has 0 atom stereocenters. The van der Waals surface area contributed by atoms with Crippen LogP contribution in [0.3, 0.4) is 0 Å². The largest absolute Gasteiger partial charge is 1.00 e. The zero-order valence-electron chi connectivity index (χ0n) is 10.1. The molecule has 0 unspecified atom stereocenters. The molecule has 3 aromatic rings. The van der Waals surface area contributed by atoms with Gasteiger partial charge in [0.15, 0.2) is 11.0 Å². The van der Waals surface area contributed by atoms with E-state index in [1.807, 2.05) is 18.3 Å². The molecule has 0 N–H and O–H groups in total. The summed E-state index contributed by atoms with van der Waals surface area (Å²) in [6.45, 7) is 0.808. The first-order valence-corrected chi connectivity index (χ1v) is 5.68. The fraction of sp³-hybridized carbons (Fsp3) is 0.143. The van der Waals surface area contributed by atoms with E-state index in [0.29, 0.717) is 0 Å². The molecule has 0 fully saturated rings. The molecule has 0 radical (unpaired) electrons. The molecule has 0 bridgehead atoms. The number of nitrogens with zero attached hydrogens (tertiary/aromatic N) is 3. The number of aryl methyl sites for hydroxylation is 1. The summed E-state index contributed by atoms with van der Waals surface area (Å²) < 4.78 is 4.36. The molecule has 4 heteroatoms. The Morgan fingerprint density at radius 1 is 1.11 bits per heavy atom. The van der Waals surface area contributed by atoms with E-state index in [0.717, 1.165) is 12.2 Å². The molecule has 2 heterocycles. The predicted octanol–water partition coefficient (Wildman–Crippen LogP) is -1.09. The van der Waals surface area contributed by atoms with Crippen LogP contribution in [-0.2, 0) is 13.6 Å². The quantitative estimate of drug-likeness (QED) is 0.537. The van der Waals surface area contributed by atoms with Gasteiger partial charge in [0, 0.05) is 6.20 Å². The Balaban J connectivity index is 0.00000120. The summed E-state index contributed by atoms with van der Waals surface area (Å²) in [5.74, 6) is 0. The number of hydrogen-bond donors (Lipinski definition) is 0. The van der Waals surface area contributed by atoms with Crippen molar-refractivity contribution in [3.63, 3.8) is 0 Å². The molecule has 0 spiro atoms. The summed E-state index contributed by atoms with van der Waals surface area (Å²) in [5, 5.41) is 0. The third-order valence-corrected chi connectivity index (χ3v) is 2.94. The van der Waals surface area contributed by atoms with E-state index in [4.69, 9.17) is 0 Å². The highest BCUT2D eigenvalue weighted by Gasteiger charge is 2.12. The highest BCUT2D eigenvalue weighted by Crippen LogP contribution is 2.11. The van der Waals surface area contributed by atoms with Crippen molar-refractivity contribution in [2.75, 3.05) is 0 Å². The van der Waals surface area contributed by atoms with E-state index >= 15 is 0 Å². The Kier molecular flexibility index (Phi) is 3.63. The van der Waals surface area contributed by atoms with Crippen molar-refractivity contribution < 1.29 is 17.0 Å². The number of hydrogen-bond acceptors (Lipinski definition) is 1. The zero-order valence-corrected chi connectivity index (χ0v) is 10.9. The monoisotopic (exact) mass is 259 g/mol. The number of para-hydroxylation sites is 2. The van der Waals surface area contributed by atoms with Gasteiger partial charge in [-0.15, -0.1) is 0 Å². The molecular weight excluding hydrogens is 246 g/mol. The van der Waals surface area contributed by atoms with Gasteiger partial charge < -0.3 is 12.4 Å². The maximum absolute atomic E-state index is 4.36. The number of benzene rings is 1. The maximum Gasteiger partial charge on any atom is 0.244 e. The van der Waals surface area contributed by atoms with E-state index in [2.05, 4.69) is 57.8 Å². The zero-order chi connectivity index (χ0) is 11.7. The second kappa shape index (κ2) is 5.19. The number of pyridine rings is 1. The van der Waals surface area contributed by atoms with Crippen LogP contribution in [0.1, 0.15) is 5.69 Å². The lowest BCUT2D eigenvalue weighted by Crippen LogP contribution is -3.00. The Morgan fingerprint density at radius 3 is 2.67 bits per heavy atom. The Morgan fingerprint density at radius 2 is 1.89 bits per heavy atom. The molecule has 0 aliphatic heterocycles. The Labute approximate surface area is 112 Å². The van der Waals surface area contributed by atoms with Gasteiger partial charge in [-0.1, -0.05) is 18.2 Å². The summed E-state index contributed by atoms with van der Waals surface area (Å²) in [6.07, 6.45) is 3.94. The number of aromatic nitrogens is 3. The van der Waals surface area contributed by atoms with Crippen LogP contribution in [-0.4, -0.2) is 9.55 Å². The average molecular weight is 260 g/mol. The molecule has 0 amide bonds. The first-order chi connectivity index (χ1) is 8.34. The lowest BCUT2D eigenvalue weighted by atomic mass is 10.3. The molecule has 0 saturated carbocycles. The van der Waals surface area contributed by atoms with Gasteiger partial charge in [-0.05, 0) is 24.3 Å². The smallest absolute Gasteiger partial charge is 0.244 e. The van der Waals surface area contributed by atoms with E-state index < -0.39 is 0 Å². The first-order valence-electron chi connectivity index (χ1n) is 5.68. The van der Waals surface area contributed by atoms with Crippen LogP contribution < -0.4 is 17.0 Å². The highest BCUT2D eigenvalue weighted by atomic mass is 35.5. The van der Waals surface area contributed by atoms with E-state index in [1.54, 1.807) is 0 Å². The fourth-order valence-electron chi connectivity index (χ4n) is 2.13. The summed E-state index contributed by atoms with van der Waals surface area (Å²) in [4.78, 5) is 4.36. The predicted molar refractivity (Wildman–Crippen MR) is 66.5 cm³/mol. The number of rotatable bonds is 2. The molecule has 0 aliphatic rings. The number of halogens is 1. The van der Waals surface area contributed by atoms with Crippen molar-refractivity contribution in [1.29, 1.82) is 0 Å². The minimum atomic E-state index is 0. The lowest BCUT2D eigenvalue weighted by molar-refractivity contribution is -0.645. The van der Waals surface area contributed by atoms with Crippen LogP contribution in [0.4, 0.5) is 0 Å². The third-order valence-electron chi connectivity index (χ3n) is 2.94. The molecule has 2 aromatic heterocycles. The van der Waals surface area contributed by atoms with Crippen molar-refractivity contribution in [1.82, 2.24) is 9.55 Å². The molecule has 1 aromatic carbocycles. The van der Waals surface area contributed by atoms with Gasteiger partial charge in [0.05, 0.1) is 12.7 Å². The maximum atomic E-state index is 4.36. The second-order valence-electron chi connectivity index (χ2n) is 4.16. The second-order valence-corrected chi connectivity index (χ2v) is 4.16. The van der Waals surface area contributed by atoms with Crippen molar-refractivity contribution in [2.45, 2.75) is 6.54 Å². The average Bonchev–Trinajstić information content (AvgIpc) is 2.69. The summed E-state index contributed by atoms with van der Waals surface area (Å²) >= 11 is 0. The van der Waals surface area contributed by atoms with E-state index in [9.17, 15) is 0 Å². The fourth-order valence-corrected chi connectivity index (χ4v) is 2.13. The van der Waals surface area contributed by atoms with Crippen LogP contribution in [0.2, 0.25) is 0 Å². The van der Waals surface area contributed by atoms with Crippen molar-refractivity contribution in [3.8, 4) is 0 Å². The molecule has 0 aliphatic carbocycles. The summed E-state index contributed by atoms with van der Waals surface area (Å²) in [6, 6.07) is 14.4. The normalized spacial score (nSPS) is 10.3. The van der Waals surface area contributed by atoms with Gasteiger partial charge in [0.25, 0.3) is 0 Å². The topological polar surface area (TPSA) is 21.7 Å². The minimum Gasteiger partial charge on any atom is -1.00 e. The molecule has 0 saturated heterocycles. The van der Waals surface area contributed by atoms with Crippen LogP contribution in [0, 0.1) is 0 Å². The summed E-state index contributed by atoms with van der Waals surface area (Å²) in [5.41, 5.74) is 3.55. The van der Waals surface area contributed by atoms with Gasteiger partial charge >= 0.3 is 0 Å². The Bertz CT molecular complexity index is 646. The van der Waals surface area contributed by atoms with Crippen LogP contribution >= 0.6 is 0 Å². The van der Waals surface area contributed by atoms with Crippen molar-refractivity contribution >= 4 is 11.0 Å². The minimum absolute atomic E-state index is 0. The summed E-state index contributed by atoms with van der Waals surface area (Å²) in [7, 11) is 2.07. The van der Waals surface area contributed by atoms with Gasteiger partial charge in [-0.2, -0.15) is 0 Å². The molecule has 3 rings (SSSR count). The van der Waals surface area contributed by atoms with E-state index in [1.165, 1.54) is 11.0 Å². The number of imidazole rings is 1. The van der Waals surface area contributed by atoms with Gasteiger partial charge in [-0.3, -0.25) is 4.98 Å². The lowest BCUT2D eigenvalue weighted by Gasteiger charge is -1.96. The van der Waals surface area contributed by atoms with Gasteiger partial charge in [-0.25, -0.2) is 9.13 Å². The van der Waals surface area contributed by atoms with Crippen molar-refractivity contribution in [3.05, 3.63) is 60.7 Å². The van der Waals surface area contributed by atoms with Gasteiger partial charge in [0.2, 0.25) is 6.33 Å².